The van der Waals surface area contributed by atoms with E-state index in [1.165, 1.54) is 0 Å². The van der Waals surface area contributed by atoms with E-state index < -0.39 is 0 Å². The fourth-order valence-electron chi connectivity index (χ4n) is 2.00. The van der Waals surface area contributed by atoms with Gasteiger partial charge in [-0.2, -0.15) is 11.8 Å². The van der Waals surface area contributed by atoms with Gasteiger partial charge in [-0.1, -0.05) is 11.6 Å². The number of hydrogen-bond donors (Lipinski definition) is 2. The first-order chi connectivity index (χ1) is 9.08. The second-order valence-electron chi connectivity index (χ2n) is 4.55. The van der Waals surface area contributed by atoms with Crippen molar-refractivity contribution in [3.8, 4) is 0 Å². The molecule has 1 aromatic rings. The highest BCUT2D eigenvalue weighted by atomic mass is 35.5. The van der Waals surface area contributed by atoms with Crippen molar-refractivity contribution in [3.05, 3.63) is 23.2 Å². The van der Waals surface area contributed by atoms with E-state index in [2.05, 4.69) is 10.2 Å². The number of nitrogen functional groups attached to an aromatic ring is 1. The van der Waals surface area contributed by atoms with Gasteiger partial charge in [-0.3, -0.25) is 9.69 Å². The smallest absolute Gasteiger partial charge is 0.241 e. The van der Waals surface area contributed by atoms with Crippen LogP contribution in [0.25, 0.3) is 0 Å². The van der Waals surface area contributed by atoms with Crippen LogP contribution in [0, 0.1) is 0 Å². The van der Waals surface area contributed by atoms with E-state index in [4.69, 9.17) is 17.3 Å². The van der Waals surface area contributed by atoms with Gasteiger partial charge in [-0.05, 0) is 25.1 Å². The predicted molar refractivity (Wildman–Crippen MR) is 82.9 cm³/mol. The maximum Gasteiger partial charge on any atom is 0.241 e. The van der Waals surface area contributed by atoms with Crippen molar-refractivity contribution in [3.63, 3.8) is 0 Å². The Labute approximate surface area is 122 Å². The van der Waals surface area contributed by atoms with Crippen LogP contribution in [0.3, 0.4) is 0 Å². The highest BCUT2D eigenvalue weighted by Gasteiger charge is 2.22. The molecule has 2 rings (SSSR count). The Balaban J connectivity index is 1.97. The molecule has 0 spiro atoms. The Kier molecular flexibility index (Phi) is 4.96. The van der Waals surface area contributed by atoms with E-state index in [1.807, 2.05) is 18.7 Å². The summed E-state index contributed by atoms with van der Waals surface area (Å²) in [5.74, 6) is 2.17. The zero-order valence-electron chi connectivity index (χ0n) is 10.9. The lowest BCUT2D eigenvalue weighted by Gasteiger charge is -2.31. The molecular formula is C13H18ClN3OS. The van der Waals surface area contributed by atoms with Crippen molar-refractivity contribution >= 4 is 40.6 Å². The lowest BCUT2D eigenvalue weighted by Crippen LogP contribution is -2.46. The van der Waals surface area contributed by atoms with E-state index in [-0.39, 0.29) is 11.9 Å². The minimum absolute atomic E-state index is 0.00591. The molecule has 1 heterocycles. The molecule has 6 heteroatoms. The number of carbonyl (C=O) groups excluding carboxylic acids is 1. The molecule has 1 aliphatic heterocycles. The van der Waals surface area contributed by atoms with E-state index in [0.29, 0.717) is 16.4 Å². The number of nitrogens with two attached hydrogens (primary N) is 1. The number of benzene rings is 1. The third-order valence-corrected chi connectivity index (χ3v) is 4.52. The first-order valence-electron chi connectivity index (χ1n) is 6.25. The number of amides is 1. The lowest BCUT2D eigenvalue weighted by atomic mass is 10.2. The fourth-order valence-corrected chi connectivity index (χ4v) is 3.05. The van der Waals surface area contributed by atoms with Crippen LogP contribution in [-0.4, -0.2) is 41.4 Å². The topological polar surface area (TPSA) is 58.4 Å². The third kappa shape index (κ3) is 3.78. The quantitative estimate of drug-likeness (QED) is 0.841. The van der Waals surface area contributed by atoms with E-state index in [0.717, 1.165) is 24.6 Å². The summed E-state index contributed by atoms with van der Waals surface area (Å²) in [5.41, 5.74) is 6.88. The molecular weight excluding hydrogens is 282 g/mol. The summed E-state index contributed by atoms with van der Waals surface area (Å²) in [4.78, 5) is 14.4. The number of nitrogens with zero attached hydrogens (tertiary/aromatic N) is 1. The van der Waals surface area contributed by atoms with Crippen molar-refractivity contribution in [1.29, 1.82) is 0 Å². The molecule has 1 amide bonds. The molecule has 1 aromatic carbocycles. The Morgan fingerprint density at radius 2 is 2.16 bits per heavy atom. The Morgan fingerprint density at radius 1 is 1.47 bits per heavy atom. The van der Waals surface area contributed by atoms with Gasteiger partial charge in [0.1, 0.15) is 0 Å². The second kappa shape index (κ2) is 6.50. The Hall–Kier alpha value is -0.910. The van der Waals surface area contributed by atoms with Gasteiger partial charge in [0.2, 0.25) is 5.91 Å². The van der Waals surface area contributed by atoms with Crippen molar-refractivity contribution in [2.24, 2.45) is 0 Å². The molecule has 104 valence electrons. The summed E-state index contributed by atoms with van der Waals surface area (Å²) in [6, 6.07) is 5.00. The number of anilines is 2. The van der Waals surface area contributed by atoms with Gasteiger partial charge >= 0.3 is 0 Å². The van der Waals surface area contributed by atoms with Crippen molar-refractivity contribution < 1.29 is 4.79 Å². The number of thioether (sulfide) groups is 1. The largest absolute Gasteiger partial charge is 0.397 e. The van der Waals surface area contributed by atoms with Crippen LogP contribution < -0.4 is 11.1 Å². The van der Waals surface area contributed by atoms with Crippen molar-refractivity contribution in [1.82, 2.24) is 4.90 Å². The molecule has 0 aromatic heterocycles. The fraction of sp³-hybridized carbons (Fsp3) is 0.462. The van der Waals surface area contributed by atoms with Crippen LogP contribution in [0.15, 0.2) is 18.2 Å². The molecule has 1 atom stereocenters. The Morgan fingerprint density at radius 3 is 2.79 bits per heavy atom. The van der Waals surface area contributed by atoms with Gasteiger partial charge in [0.15, 0.2) is 0 Å². The first-order valence-corrected chi connectivity index (χ1v) is 7.79. The van der Waals surface area contributed by atoms with Crippen LogP contribution in [0.5, 0.6) is 0 Å². The van der Waals surface area contributed by atoms with Gasteiger partial charge in [0.05, 0.1) is 16.8 Å². The molecule has 1 unspecified atom stereocenters. The summed E-state index contributed by atoms with van der Waals surface area (Å²) in [7, 11) is 0. The molecule has 4 nitrogen and oxygen atoms in total. The van der Waals surface area contributed by atoms with Gasteiger partial charge < -0.3 is 11.1 Å². The third-order valence-electron chi connectivity index (χ3n) is 3.24. The summed E-state index contributed by atoms with van der Waals surface area (Å²) < 4.78 is 0. The van der Waals surface area contributed by atoms with Gasteiger partial charge in [-0.25, -0.2) is 0 Å². The minimum Gasteiger partial charge on any atom is -0.397 e. The maximum atomic E-state index is 12.2. The molecule has 0 aliphatic carbocycles. The number of hydrogen-bond acceptors (Lipinski definition) is 4. The standard InChI is InChI=1S/C13H18ClN3OS/c1-9(17-4-6-19-7-5-17)13(18)16-10-2-3-11(14)12(15)8-10/h2-3,8-9H,4-7,15H2,1H3,(H,16,18). The number of halogens is 1. The summed E-state index contributed by atoms with van der Waals surface area (Å²) in [5, 5.41) is 3.38. The predicted octanol–water partition coefficient (Wildman–Crippen LogP) is 2.30. The SMILES string of the molecule is CC(C(=O)Nc1ccc(Cl)c(N)c1)N1CCSCC1. The van der Waals surface area contributed by atoms with Crippen LogP contribution in [0.2, 0.25) is 5.02 Å². The average molecular weight is 300 g/mol. The maximum absolute atomic E-state index is 12.2. The highest BCUT2D eigenvalue weighted by Crippen LogP contribution is 2.22. The van der Waals surface area contributed by atoms with Crippen LogP contribution in [-0.2, 0) is 4.79 Å². The van der Waals surface area contributed by atoms with Gasteiger partial charge in [0, 0.05) is 30.3 Å². The van der Waals surface area contributed by atoms with Crippen LogP contribution >= 0.6 is 23.4 Å². The lowest BCUT2D eigenvalue weighted by molar-refractivity contribution is -0.120. The number of rotatable bonds is 3. The molecule has 3 N–H and O–H groups in total. The molecule has 0 radical (unpaired) electrons. The first kappa shape index (κ1) is 14.5. The van der Waals surface area contributed by atoms with Crippen molar-refractivity contribution in [2.75, 3.05) is 35.6 Å². The summed E-state index contributed by atoms with van der Waals surface area (Å²) >= 11 is 7.78. The van der Waals surface area contributed by atoms with Gasteiger partial charge in [0.25, 0.3) is 0 Å². The van der Waals surface area contributed by atoms with E-state index in [9.17, 15) is 4.79 Å². The molecule has 0 saturated carbocycles. The number of nitrogens with one attached hydrogen (secondary N) is 1. The van der Waals surface area contributed by atoms with Gasteiger partial charge in [-0.15, -0.1) is 0 Å². The normalized spacial score (nSPS) is 18.0. The van der Waals surface area contributed by atoms with E-state index in [1.54, 1.807) is 18.2 Å². The van der Waals surface area contributed by atoms with Crippen molar-refractivity contribution in [2.45, 2.75) is 13.0 Å². The number of carbonyl (C=O) groups is 1. The average Bonchev–Trinajstić information content (AvgIpc) is 2.43. The molecule has 1 aliphatic rings. The highest BCUT2D eigenvalue weighted by molar-refractivity contribution is 7.99. The van der Waals surface area contributed by atoms with E-state index >= 15 is 0 Å². The second-order valence-corrected chi connectivity index (χ2v) is 6.18. The summed E-state index contributed by atoms with van der Waals surface area (Å²) in [6.07, 6.45) is 0. The monoisotopic (exact) mass is 299 g/mol. The zero-order valence-corrected chi connectivity index (χ0v) is 12.4. The molecule has 1 saturated heterocycles. The molecule has 1 fully saturated rings. The minimum atomic E-state index is -0.127. The summed E-state index contributed by atoms with van der Waals surface area (Å²) in [6.45, 7) is 3.86. The zero-order chi connectivity index (χ0) is 13.8. The Bertz CT molecular complexity index is 463. The van der Waals surface area contributed by atoms with Crippen LogP contribution in [0.1, 0.15) is 6.92 Å². The molecule has 19 heavy (non-hydrogen) atoms. The molecule has 0 bridgehead atoms. The van der Waals surface area contributed by atoms with Crippen LogP contribution in [0.4, 0.5) is 11.4 Å².